The predicted molar refractivity (Wildman–Crippen MR) is 59.8 cm³/mol. The molecule has 0 aliphatic heterocycles. The molecule has 0 atom stereocenters. The summed E-state index contributed by atoms with van der Waals surface area (Å²) in [6.07, 6.45) is 5.39. The minimum atomic E-state index is 0.0480. The Morgan fingerprint density at radius 3 is 2.80 bits per heavy atom. The average molecular weight is 214 g/mol. The number of rotatable bonds is 7. The molecule has 0 radical (unpaired) electrons. The SMILES string of the molecule is CCNCC(=O)NCCOC1CCCC1. The third kappa shape index (κ3) is 5.74. The van der Waals surface area contributed by atoms with E-state index in [-0.39, 0.29) is 5.91 Å². The van der Waals surface area contributed by atoms with E-state index in [1.165, 1.54) is 25.7 Å². The average Bonchev–Trinajstić information content (AvgIpc) is 2.74. The van der Waals surface area contributed by atoms with E-state index in [0.29, 0.717) is 25.8 Å². The van der Waals surface area contributed by atoms with E-state index in [4.69, 9.17) is 4.74 Å². The first kappa shape index (κ1) is 12.5. The van der Waals surface area contributed by atoms with Gasteiger partial charge in [-0.3, -0.25) is 4.79 Å². The molecular weight excluding hydrogens is 192 g/mol. The van der Waals surface area contributed by atoms with E-state index < -0.39 is 0 Å². The van der Waals surface area contributed by atoms with Crippen LogP contribution >= 0.6 is 0 Å². The van der Waals surface area contributed by atoms with Gasteiger partial charge in [-0.05, 0) is 19.4 Å². The molecule has 1 rings (SSSR count). The number of amides is 1. The molecule has 4 heteroatoms. The monoisotopic (exact) mass is 214 g/mol. The number of hydrogen-bond acceptors (Lipinski definition) is 3. The zero-order valence-electron chi connectivity index (χ0n) is 9.55. The standard InChI is InChI=1S/C11H22N2O2/c1-2-12-9-11(14)13-7-8-15-10-5-3-4-6-10/h10,12H,2-9H2,1H3,(H,13,14). The molecule has 0 heterocycles. The lowest BCUT2D eigenvalue weighted by Crippen LogP contribution is -2.35. The van der Waals surface area contributed by atoms with Crippen molar-refractivity contribution in [2.24, 2.45) is 0 Å². The zero-order valence-corrected chi connectivity index (χ0v) is 9.55. The Balaban J connectivity index is 1.89. The molecule has 15 heavy (non-hydrogen) atoms. The van der Waals surface area contributed by atoms with Crippen LogP contribution in [0.4, 0.5) is 0 Å². The first-order valence-corrected chi connectivity index (χ1v) is 5.92. The highest BCUT2D eigenvalue weighted by molar-refractivity contribution is 5.77. The summed E-state index contributed by atoms with van der Waals surface area (Å²) >= 11 is 0. The molecule has 0 spiro atoms. The molecule has 0 aromatic carbocycles. The maximum absolute atomic E-state index is 11.2. The van der Waals surface area contributed by atoms with Gasteiger partial charge in [-0.1, -0.05) is 19.8 Å². The summed E-state index contributed by atoms with van der Waals surface area (Å²) < 4.78 is 5.62. The topological polar surface area (TPSA) is 50.4 Å². The van der Waals surface area contributed by atoms with Crippen LogP contribution in [0.3, 0.4) is 0 Å². The van der Waals surface area contributed by atoms with E-state index in [0.717, 1.165) is 6.54 Å². The number of carbonyl (C=O) groups excluding carboxylic acids is 1. The van der Waals surface area contributed by atoms with Crippen LogP contribution in [-0.4, -0.2) is 38.3 Å². The van der Waals surface area contributed by atoms with Crippen molar-refractivity contribution in [2.45, 2.75) is 38.7 Å². The van der Waals surface area contributed by atoms with Gasteiger partial charge in [0.05, 0.1) is 19.3 Å². The highest BCUT2D eigenvalue weighted by Crippen LogP contribution is 2.20. The van der Waals surface area contributed by atoms with E-state index in [1.54, 1.807) is 0 Å². The van der Waals surface area contributed by atoms with Crippen molar-refractivity contribution in [3.63, 3.8) is 0 Å². The Morgan fingerprint density at radius 2 is 2.13 bits per heavy atom. The largest absolute Gasteiger partial charge is 0.376 e. The number of carbonyl (C=O) groups is 1. The highest BCUT2D eigenvalue weighted by atomic mass is 16.5. The molecule has 0 saturated heterocycles. The van der Waals surface area contributed by atoms with Crippen LogP contribution in [0.2, 0.25) is 0 Å². The van der Waals surface area contributed by atoms with Gasteiger partial charge in [-0.2, -0.15) is 0 Å². The van der Waals surface area contributed by atoms with Crippen molar-refractivity contribution in [1.29, 1.82) is 0 Å². The van der Waals surface area contributed by atoms with Gasteiger partial charge < -0.3 is 15.4 Å². The van der Waals surface area contributed by atoms with Crippen molar-refractivity contribution >= 4 is 5.91 Å². The van der Waals surface area contributed by atoms with Gasteiger partial charge in [-0.15, -0.1) is 0 Å². The molecule has 0 unspecified atom stereocenters. The van der Waals surface area contributed by atoms with Crippen LogP contribution in [0, 0.1) is 0 Å². The van der Waals surface area contributed by atoms with Crippen LogP contribution in [0.15, 0.2) is 0 Å². The van der Waals surface area contributed by atoms with Crippen molar-refractivity contribution in [2.75, 3.05) is 26.2 Å². The molecule has 0 bridgehead atoms. The van der Waals surface area contributed by atoms with Gasteiger partial charge >= 0.3 is 0 Å². The first-order valence-electron chi connectivity index (χ1n) is 5.92. The summed E-state index contributed by atoms with van der Waals surface area (Å²) in [6.45, 7) is 4.48. The van der Waals surface area contributed by atoms with Crippen molar-refractivity contribution < 1.29 is 9.53 Å². The van der Waals surface area contributed by atoms with Crippen LogP contribution < -0.4 is 10.6 Å². The van der Waals surface area contributed by atoms with Gasteiger partial charge in [0.25, 0.3) is 0 Å². The molecular formula is C11H22N2O2. The third-order valence-electron chi connectivity index (χ3n) is 2.62. The Hall–Kier alpha value is -0.610. The molecule has 1 aliphatic rings. The molecule has 1 amide bonds. The third-order valence-corrected chi connectivity index (χ3v) is 2.62. The minimum Gasteiger partial charge on any atom is -0.376 e. The Labute approximate surface area is 91.8 Å². The second kappa shape index (κ2) is 7.65. The van der Waals surface area contributed by atoms with Crippen LogP contribution in [-0.2, 0) is 9.53 Å². The van der Waals surface area contributed by atoms with E-state index in [9.17, 15) is 4.79 Å². The lowest BCUT2D eigenvalue weighted by molar-refractivity contribution is -0.120. The fourth-order valence-corrected chi connectivity index (χ4v) is 1.77. The lowest BCUT2D eigenvalue weighted by atomic mass is 10.3. The number of nitrogens with one attached hydrogen (secondary N) is 2. The van der Waals surface area contributed by atoms with E-state index in [1.807, 2.05) is 6.92 Å². The van der Waals surface area contributed by atoms with Crippen LogP contribution in [0.5, 0.6) is 0 Å². The summed E-state index contributed by atoms with van der Waals surface area (Å²) in [6, 6.07) is 0. The van der Waals surface area contributed by atoms with Gasteiger partial charge in [0.1, 0.15) is 0 Å². The smallest absolute Gasteiger partial charge is 0.234 e. The molecule has 1 fully saturated rings. The normalized spacial score (nSPS) is 16.9. The minimum absolute atomic E-state index is 0.0480. The molecule has 4 nitrogen and oxygen atoms in total. The number of likely N-dealkylation sites (N-methyl/N-ethyl adjacent to an activating group) is 1. The predicted octanol–water partition coefficient (Wildman–Crippen LogP) is 0.671. The fourth-order valence-electron chi connectivity index (χ4n) is 1.77. The lowest BCUT2D eigenvalue weighted by Gasteiger charge is -2.11. The summed E-state index contributed by atoms with van der Waals surface area (Å²) in [5.74, 6) is 0.0480. The summed E-state index contributed by atoms with van der Waals surface area (Å²) in [5, 5.41) is 5.79. The summed E-state index contributed by atoms with van der Waals surface area (Å²) in [4.78, 5) is 11.2. The van der Waals surface area contributed by atoms with Crippen molar-refractivity contribution in [1.82, 2.24) is 10.6 Å². The van der Waals surface area contributed by atoms with Gasteiger partial charge in [0.15, 0.2) is 0 Å². The van der Waals surface area contributed by atoms with E-state index >= 15 is 0 Å². The Bertz CT molecular complexity index is 179. The zero-order chi connectivity index (χ0) is 10.9. The molecule has 88 valence electrons. The molecule has 1 aliphatic carbocycles. The van der Waals surface area contributed by atoms with Gasteiger partial charge in [-0.25, -0.2) is 0 Å². The maximum Gasteiger partial charge on any atom is 0.234 e. The van der Waals surface area contributed by atoms with Crippen molar-refractivity contribution in [3.05, 3.63) is 0 Å². The highest BCUT2D eigenvalue weighted by Gasteiger charge is 2.14. The summed E-state index contributed by atoms with van der Waals surface area (Å²) in [5.41, 5.74) is 0. The number of ether oxygens (including phenoxy) is 1. The van der Waals surface area contributed by atoms with Crippen LogP contribution in [0.25, 0.3) is 0 Å². The molecule has 1 saturated carbocycles. The second-order valence-electron chi connectivity index (χ2n) is 3.91. The Morgan fingerprint density at radius 1 is 1.40 bits per heavy atom. The fraction of sp³-hybridized carbons (Fsp3) is 0.909. The molecule has 0 aromatic rings. The molecule has 0 aromatic heterocycles. The van der Waals surface area contributed by atoms with Gasteiger partial charge in [0.2, 0.25) is 5.91 Å². The maximum atomic E-state index is 11.2. The summed E-state index contributed by atoms with van der Waals surface area (Å²) in [7, 11) is 0. The van der Waals surface area contributed by atoms with Gasteiger partial charge in [0, 0.05) is 6.54 Å². The Kier molecular flexibility index (Phi) is 6.36. The first-order chi connectivity index (χ1) is 7.33. The quantitative estimate of drug-likeness (QED) is 0.612. The van der Waals surface area contributed by atoms with Crippen LogP contribution in [0.1, 0.15) is 32.6 Å². The number of hydrogen-bond donors (Lipinski definition) is 2. The second-order valence-corrected chi connectivity index (χ2v) is 3.91. The molecule has 2 N–H and O–H groups in total. The van der Waals surface area contributed by atoms with Crippen molar-refractivity contribution in [3.8, 4) is 0 Å². The van der Waals surface area contributed by atoms with E-state index in [2.05, 4.69) is 10.6 Å².